The van der Waals surface area contributed by atoms with Crippen molar-refractivity contribution < 1.29 is 32.9 Å². The fourth-order valence-corrected chi connectivity index (χ4v) is 10.8. The molecule has 0 fully saturated rings. The Balaban J connectivity index is 4.03. The van der Waals surface area contributed by atoms with Crippen LogP contribution in [0.15, 0.2) is 0 Å². The average molecular weight is 1030 g/mol. The summed E-state index contributed by atoms with van der Waals surface area (Å²) in [7, 11) is 1.64. The molecule has 3 N–H and O–H groups in total. The summed E-state index contributed by atoms with van der Waals surface area (Å²) in [5.74, 6) is -0.135. The van der Waals surface area contributed by atoms with Gasteiger partial charge >= 0.3 is 7.82 Å². The predicted molar refractivity (Wildman–Crippen MR) is 309 cm³/mol. The van der Waals surface area contributed by atoms with Gasteiger partial charge in [0.25, 0.3) is 0 Å². The van der Waals surface area contributed by atoms with Gasteiger partial charge in [-0.15, -0.1) is 0 Å². The van der Waals surface area contributed by atoms with E-state index in [2.05, 4.69) is 19.2 Å². The smallest absolute Gasteiger partial charge is 0.391 e. The first-order valence-electron chi connectivity index (χ1n) is 31.9. The van der Waals surface area contributed by atoms with E-state index in [9.17, 15) is 19.4 Å². The van der Waals surface area contributed by atoms with Gasteiger partial charge in [-0.3, -0.25) is 13.8 Å². The van der Waals surface area contributed by atoms with Gasteiger partial charge in [0.15, 0.2) is 0 Å². The highest BCUT2D eigenvalue weighted by Crippen LogP contribution is 2.43. The van der Waals surface area contributed by atoms with E-state index in [0.29, 0.717) is 23.9 Å². The molecule has 0 aromatic heterocycles. The van der Waals surface area contributed by atoms with Crippen molar-refractivity contribution in [3.8, 4) is 0 Å². The summed E-state index contributed by atoms with van der Waals surface area (Å²) < 4.78 is 23.8. The molecule has 0 spiro atoms. The number of phosphoric ester groups is 1. The SMILES string of the molecule is CCCCCCCCCCCCCCCCCCCCCCCCCCCCCCCC(O)C(COP(=O)(O)OCC[N+](C)(C)C)NC(=O)CCCCCCCCCCCCCCCCCCCCCC. The maximum Gasteiger partial charge on any atom is 0.472 e. The van der Waals surface area contributed by atoms with Crippen molar-refractivity contribution in [2.45, 2.75) is 353 Å². The minimum absolute atomic E-state index is 0.0793. The van der Waals surface area contributed by atoms with Crippen LogP contribution in [0.3, 0.4) is 0 Å². The maximum absolute atomic E-state index is 13.0. The summed E-state index contributed by atoms with van der Waals surface area (Å²) in [6.45, 7) is 4.96. The van der Waals surface area contributed by atoms with Gasteiger partial charge in [-0.25, -0.2) is 4.57 Å². The van der Waals surface area contributed by atoms with E-state index in [4.69, 9.17) is 9.05 Å². The summed E-state index contributed by atoms with van der Waals surface area (Å²) in [5, 5.41) is 14.1. The molecule has 0 rings (SSSR count). The number of hydrogen-bond acceptors (Lipinski definition) is 5. The van der Waals surface area contributed by atoms with E-state index < -0.39 is 20.0 Å². The molecular weight excluding hydrogens is 900 g/mol. The number of aliphatic hydroxyl groups excluding tert-OH is 1. The molecule has 0 bridgehead atoms. The second kappa shape index (κ2) is 54.3. The number of nitrogens with one attached hydrogen (secondary N) is 1. The normalized spacial score (nSPS) is 13.7. The predicted octanol–water partition coefficient (Wildman–Crippen LogP) is 19.6. The minimum Gasteiger partial charge on any atom is -0.391 e. The van der Waals surface area contributed by atoms with Gasteiger partial charge in [-0.1, -0.05) is 322 Å². The zero-order chi connectivity index (χ0) is 52.0. The lowest BCUT2D eigenvalue weighted by Gasteiger charge is -2.26. The monoisotopic (exact) mass is 1030 g/mol. The Kier molecular flexibility index (Phi) is 53.9. The molecule has 0 radical (unpaired) electrons. The van der Waals surface area contributed by atoms with Gasteiger partial charge in [0.05, 0.1) is 39.9 Å². The van der Waals surface area contributed by atoms with Crippen LogP contribution in [0, 0.1) is 0 Å². The van der Waals surface area contributed by atoms with Crippen molar-refractivity contribution in [3.05, 3.63) is 0 Å². The molecule has 0 heterocycles. The number of rotatable bonds is 60. The average Bonchev–Trinajstić information content (AvgIpc) is 3.33. The summed E-state index contributed by atoms with van der Waals surface area (Å²) >= 11 is 0. The molecule has 426 valence electrons. The lowest BCUT2D eigenvalue weighted by molar-refractivity contribution is -0.870. The molecule has 0 aromatic carbocycles. The Morgan fingerprint density at radius 2 is 0.676 bits per heavy atom. The maximum atomic E-state index is 13.0. The van der Waals surface area contributed by atoms with Crippen LogP contribution in [-0.2, 0) is 18.4 Å². The van der Waals surface area contributed by atoms with Crippen LogP contribution < -0.4 is 5.32 Å². The third-order valence-corrected chi connectivity index (χ3v) is 16.1. The molecule has 0 saturated carbocycles. The number of carbonyl (C=O) groups is 1. The number of phosphoric acid groups is 1. The van der Waals surface area contributed by atoms with E-state index in [-0.39, 0.29) is 19.1 Å². The molecule has 9 heteroatoms. The van der Waals surface area contributed by atoms with E-state index in [0.717, 1.165) is 38.5 Å². The molecule has 3 atom stereocenters. The van der Waals surface area contributed by atoms with Crippen LogP contribution in [0.2, 0.25) is 0 Å². The van der Waals surface area contributed by atoms with Gasteiger partial charge in [0, 0.05) is 6.42 Å². The van der Waals surface area contributed by atoms with Crippen LogP contribution in [0.25, 0.3) is 0 Å². The number of unbranched alkanes of at least 4 members (excludes halogenated alkanes) is 47. The Hall–Kier alpha value is -0.500. The molecule has 1 amide bonds. The van der Waals surface area contributed by atoms with Crippen molar-refractivity contribution >= 4 is 13.7 Å². The second-order valence-electron chi connectivity index (χ2n) is 23.5. The van der Waals surface area contributed by atoms with Crippen molar-refractivity contribution in [2.24, 2.45) is 0 Å². The standard InChI is InChI=1S/C62H127N2O6P/c1-6-8-10-12-14-16-18-20-22-24-26-28-29-30-31-32-33-34-35-36-37-39-41-43-45-47-49-51-53-55-61(65)60(59-70-71(67,68)69-58-57-64(3,4)5)63-62(66)56-54-52-50-48-46-44-42-40-38-27-25-23-21-19-17-15-13-11-9-7-2/h60-61,65H,6-59H2,1-5H3,(H-,63,66,67,68)/p+1. The Morgan fingerprint density at radius 3 is 0.944 bits per heavy atom. The largest absolute Gasteiger partial charge is 0.472 e. The fourth-order valence-electron chi connectivity index (χ4n) is 10.1. The van der Waals surface area contributed by atoms with E-state index in [1.807, 2.05) is 21.1 Å². The van der Waals surface area contributed by atoms with Crippen LogP contribution in [0.5, 0.6) is 0 Å². The number of hydrogen-bond donors (Lipinski definition) is 3. The molecule has 71 heavy (non-hydrogen) atoms. The zero-order valence-corrected chi connectivity index (χ0v) is 49.7. The molecule has 0 aromatic rings. The first-order valence-corrected chi connectivity index (χ1v) is 33.4. The number of nitrogens with zero attached hydrogens (tertiary/aromatic N) is 1. The van der Waals surface area contributed by atoms with Crippen molar-refractivity contribution in [1.29, 1.82) is 0 Å². The third kappa shape index (κ3) is 57.1. The van der Waals surface area contributed by atoms with E-state index >= 15 is 0 Å². The first kappa shape index (κ1) is 70.5. The lowest BCUT2D eigenvalue weighted by atomic mass is 10.0. The van der Waals surface area contributed by atoms with Crippen molar-refractivity contribution in [3.63, 3.8) is 0 Å². The quantitative estimate of drug-likeness (QED) is 0.0318. The summed E-state index contributed by atoms with van der Waals surface area (Å²) in [6, 6.07) is -0.756. The van der Waals surface area contributed by atoms with Crippen LogP contribution in [0.4, 0.5) is 0 Å². The highest BCUT2D eigenvalue weighted by atomic mass is 31.2. The third-order valence-electron chi connectivity index (χ3n) is 15.1. The minimum atomic E-state index is -4.32. The summed E-state index contributed by atoms with van der Waals surface area (Å²) in [4.78, 5) is 23.4. The number of quaternary nitrogens is 1. The molecule has 0 saturated heterocycles. The molecule has 3 unspecified atom stereocenters. The fraction of sp³-hybridized carbons (Fsp3) is 0.984. The van der Waals surface area contributed by atoms with Gasteiger partial charge in [0.2, 0.25) is 5.91 Å². The second-order valence-corrected chi connectivity index (χ2v) is 25.0. The summed E-state index contributed by atoms with van der Waals surface area (Å²) in [6.07, 6.45) is 66.1. The number of likely N-dealkylation sites (N-methyl/N-ethyl adjacent to an activating group) is 1. The molecule has 0 aliphatic heterocycles. The highest BCUT2D eigenvalue weighted by molar-refractivity contribution is 7.47. The number of aliphatic hydroxyl groups is 1. The van der Waals surface area contributed by atoms with Gasteiger partial charge in [-0.2, -0.15) is 0 Å². The van der Waals surface area contributed by atoms with E-state index in [1.54, 1.807) is 0 Å². The van der Waals surface area contributed by atoms with Crippen LogP contribution in [-0.4, -0.2) is 73.4 Å². The molecule has 0 aliphatic rings. The molecule has 8 nitrogen and oxygen atoms in total. The van der Waals surface area contributed by atoms with Crippen molar-refractivity contribution in [1.82, 2.24) is 5.32 Å². The highest BCUT2D eigenvalue weighted by Gasteiger charge is 2.28. The lowest BCUT2D eigenvalue weighted by Crippen LogP contribution is -2.46. The van der Waals surface area contributed by atoms with Crippen LogP contribution >= 0.6 is 7.82 Å². The summed E-state index contributed by atoms with van der Waals surface area (Å²) in [5.41, 5.74) is 0. The number of carbonyl (C=O) groups excluding carboxylic acids is 1. The van der Waals surface area contributed by atoms with Gasteiger partial charge in [-0.05, 0) is 12.8 Å². The Morgan fingerprint density at radius 1 is 0.423 bits per heavy atom. The van der Waals surface area contributed by atoms with Crippen molar-refractivity contribution in [2.75, 3.05) is 40.9 Å². The Bertz CT molecular complexity index is 1120. The topological polar surface area (TPSA) is 105 Å². The Labute approximate surface area is 444 Å². The number of amides is 1. The van der Waals surface area contributed by atoms with Gasteiger partial charge in [0.1, 0.15) is 13.2 Å². The van der Waals surface area contributed by atoms with Gasteiger partial charge < -0.3 is 19.8 Å². The first-order chi connectivity index (χ1) is 34.5. The molecular formula is C62H128N2O6P+. The molecule has 0 aliphatic carbocycles. The van der Waals surface area contributed by atoms with E-state index in [1.165, 1.54) is 276 Å². The van der Waals surface area contributed by atoms with Crippen LogP contribution in [0.1, 0.15) is 341 Å². The zero-order valence-electron chi connectivity index (χ0n) is 48.8.